The van der Waals surface area contributed by atoms with Crippen LogP contribution in [0.15, 0.2) is 72.8 Å². The average Bonchev–Trinajstić information content (AvgIpc) is 3.13. The van der Waals surface area contributed by atoms with E-state index in [9.17, 15) is 14.4 Å². The number of amides is 2. The smallest absolute Gasteiger partial charge is 0.300 e. The highest BCUT2D eigenvalue weighted by Crippen LogP contribution is 2.45. The van der Waals surface area contributed by atoms with Gasteiger partial charge in [-0.05, 0) is 67.6 Å². The van der Waals surface area contributed by atoms with Crippen LogP contribution in [0.2, 0.25) is 0 Å². The quantitative estimate of drug-likeness (QED) is 0.324. The third-order valence-corrected chi connectivity index (χ3v) is 7.18. The van der Waals surface area contributed by atoms with Crippen molar-refractivity contribution in [2.24, 2.45) is 0 Å². The summed E-state index contributed by atoms with van der Waals surface area (Å²) >= 11 is 0. The minimum atomic E-state index is -0.503. The molecule has 5 heteroatoms. The van der Waals surface area contributed by atoms with Gasteiger partial charge in [-0.25, -0.2) is 0 Å². The van der Waals surface area contributed by atoms with Crippen LogP contribution in [0, 0.1) is 0 Å². The Kier molecular flexibility index (Phi) is 6.25. The molecule has 3 aromatic carbocycles. The molecule has 178 valence electrons. The highest BCUT2D eigenvalue weighted by molar-refractivity contribution is 6.52. The number of benzene rings is 3. The maximum Gasteiger partial charge on any atom is 0.300 e. The average molecular weight is 467 g/mol. The summed E-state index contributed by atoms with van der Waals surface area (Å²) in [5.41, 5.74) is 4.67. The molecule has 2 aliphatic heterocycles. The highest BCUT2D eigenvalue weighted by atomic mass is 16.2. The summed E-state index contributed by atoms with van der Waals surface area (Å²) in [6.45, 7) is 4.20. The molecule has 0 fully saturated rings. The fraction of sp³-hybridized carbons (Fsp3) is 0.300. The summed E-state index contributed by atoms with van der Waals surface area (Å²) in [5, 5.41) is 0. The molecule has 2 amide bonds. The van der Waals surface area contributed by atoms with E-state index in [4.69, 9.17) is 0 Å². The Hall–Kier alpha value is -3.73. The maximum absolute atomic E-state index is 13.7. The lowest BCUT2D eigenvalue weighted by Gasteiger charge is -2.42. The van der Waals surface area contributed by atoms with E-state index < -0.39 is 11.7 Å². The van der Waals surface area contributed by atoms with Crippen LogP contribution >= 0.6 is 0 Å². The molecule has 0 N–H and O–H groups in total. The van der Waals surface area contributed by atoms with Gasteiger partial charge in [-0.3, -0.25) is 19.3 Å². The van der Waals surface area contributed by atoms with Gasteiger partial charge in [0.25, 0.3) is 17.6 Å². The lowest BCUT2D eigenvalue weighted by atomic mass is 9.89. The molecule has 5 rings (SSSR count). The molecule has 2 heterocycles. The highest BCUT2D eigenvalue weighted by Gasteiger charge is 2.44. The number of fused-ring (bicyclic) bond motifs is 2. The molecule has 5 nitrogen and oxygen atoms in total. The number of hydrogen-bond donors (Lipinski definition) is 0. The van der Waals surface area contributed by atoms with Crippen molar-refractivity contribution in [3.63, 3.8) is 0 Å². The summed E-state index contributed by atoms with van der Waals surface area (Å²) in [5.74, 6) is -1.02. The second-order valence-electron chi connectivity index (χ2n) is 9.51. The summed E-state index contributed by atoms with van der Waals surface area (Å²) in [4.78, 5) is 42.8. The van der Waals surface area contributed by atoms with E-state index in [2.05, 4.69) is 19.1 Å². The van der Waals surface area contributed by atoms with Crippen LogP contribution in [0.1, 0.15) is 77.4 Å². The topological polar surface area (TPSA) is 57.7 Å². The Morgan fingerprint density at radius 3 is 2.31 bits per heavy atom. The summed E-state index contributed by atoms with van der Waals surface area (Å²) < 4.78 is 0. The lowest BCUT2D eigenvalue weighted by molar-refractivity contribution is -0.114. The molecule has 2 aliphatic rings. The molecule has 0 spiro atoms. The van der Waals surface area contributed by atoms with E-state index in [1.165, 1.54) is 18.4 Å². The molecular weight excluding hydrogens is 436 g/mol. The number of anilines is 2. The lowest BCUT2D eigenvalue weighted by Crippen LogP contribution is -2.47. The number of hydrogen-bond acceptors (Lipinski definition) is 3. The summed E-state index contributed by atoms with van der Waals surface area (Å²) in [7, 11) is 0. The monoisotopic (exact) mass is 466 g/mol. The van der Waals surface area contributed by atoms with E-state index in [1.54, 1.807) is 17.0 Å². The van der Waals surface area contributed by atoms with Crippen molar-refractivity contribution < 1.29 is 14.4 Å². The predicted octanol–water partition coefficient (Wildman–Crippen LogP) is 6.13. The zero-order chi connectivity index (χ0) is 24.5. The van der Waals surface area contributed by atoms with Gasteiger partial charge in [-0.1, -0.05) is 62.2 Å². The molecule has 2 atom stereocenters. The Morgan fingerprint density at radius 1 is 0.886 bits per heavy atom. The minimum Gasteiger partial charge on any atom is -0.305 e. The zero-order valence-electron chi connectivity index (χ0n) is 20.2. The van der Waals surface area contributed by atoms with E-state index in [-0.39, 0.29) is 18.0 Å². The first-order valence-electron chi connectivity index (χ1n) is 12.5. The van der Waals surface area contributed by atoms with Crippen molar-refractivity contribution in [3.8, 4) is 0 Å². The number of para-hydroxylation sites is 2. The van der Waals surface area contributed by atoms with Crippen molar-refractivity contribution in [1.29, 1.82) is 0 Å². The Bertz CT molecular complexity index is 1280. The van der Waals surface area contributed by atoms with E-state index in [0.717, 1.165) is 24.1 Å². The van der Waals surface area contributed by atoms with Crippen molar-refractivity contribution in [2.75, 3.05) is 9.80 Å². The normalized spacial score (nSPS) is 19.0. The third-order valence-electron chi connectivity index (χ3n) is 7.18. The molecule has 0 bridgehead atoms. The van der Waals surface area contributed by atoms with Crippen molar-refractivity contribution in [2.45, 2.75) is 58.0 Å². The minimum absolute atomic E-state index is 0.0484. The number of nitrogens with zero attached hydrogens (tertiary/aromatic N) is 2. The van der Waals surface area contributed by atoms with Crippen molar-refractivity contribution in [1.82, 2.24) is 0 Å². The molecule has 0 aromatic heterocycles. The van der Waals surface area contributed by atoms with Gasteiger partial charge in [0.1, 0.15) is 0 Å². The molecule has 0 saturated heterocycles. The molecule has 2 unspecified atom stereocenters. The SMILES string of the molecule is CCCCCc1ccc(C(=O)N2c3ccccc3C(N3C(=O)C(=O)c4ccccc43)CC2C)cc1. The Morgan fingerprint density at radius 2 is 1.57 bits per heavy atom. The number of carbonyl (C=O) groups excluding carboxylic acids is 3. The first-order valence-corrected chi connectivity index (χ1v) is 12.5. The van der Waals surface area contributed by atoms with Gasteiger partial charge in [-0.2, -0.15) is 0 Å². The van der Waals surface area contributed by atoms with Crippen molar-refractivity contribution in [3.05, 3.63) is 95.1 Å². The van der Waals surface area contributed by atoms with Gasteiger partial charge in [0.05, 0.1) is 17.3 Å². The van der Waals surface area contributed by atoms with E-state index in [0.29, 0.717) is 23.2 Å². The summed E-state index contributed by atoms with van der Waals surface area (Å²) in [6.07, 6.45) is 5.12. The van der Waals surface area contributed by atoms with Crippen LogP contribution in [0.25, 0.3) is 0 Å². The zero-order valence-corrected chi connectivity index (χ0v) is 20.2. The predicted molar refractivity (Wildman–Crippen MR) is 138 cm³/mol. The first kappa shape index (κ1) is 23.0. The number of unbranched alkanes of at least 4 members (excludes halogenated alkanes) is 2. The van der Waals surface area contributed by atoms with Gasteiger partial charge in [0.2, 0.25) is 0 Å². The van der Waals surface area contributed by atoms with Crippen LogP contribution in [-0.4, -0.2) is 23.6 Å². The Balaban J connectivity index is 1.46. The van der Waals surface area contributed by atoms with Gasteiger partial charge in [-0.15, -0.1) is 0 Å². The van der Waals surface area contributed by atoms with Crippen LogP contribution < -0.4 is 9.80 Å². The molecule has 0 aliphatic carbocycles. The maximum atomic E-state index is 13.7. The van der Waals surface area contributed by atoms with Crippen LogP contribution in [-0.2, 0) is 11.2 Å². The van der Waals surface area contributed by atoms with E-state index in [1.807, 2.05) is 60.4 Å². The number of rotatable bonds is 6. The molecule has 3 aromatic rings. The van der Waals surface area contributed by atoms with Crippen LogP contribution in [0.3, 0.4) is 0 Å². The summed E-state index contributed by atoms with van der Waals surface area (Å²) in [6, 6.07) is 22.4. The standard InChI is InChI=1S/C30H30N2O3/c1-3-4-5-10-21-15-17-22(18-16-21)29(34)31-20(2)19-27(23-11-6-8-13-25(23)31)32-26-14-9-7-12-24(26)28(33)30(32)35/h6-9,11-18,20,27H,3-5,10,19H2,1-2H3. The van der Waals surface area contributed by atoms with Gasteiger partial charge in [0.15, 0.2) is 0 Å². The second-order valence-corrected chi connectivity index (χ2v) is 9.51. The Labute approximate surface area is 206 Å². The largest absolute Gasteiger partial charge is 0.305 e. The molecule has 35 heavy (non-hydrogen) atoms. The van der Waals surface area contributed by atoms with Crippen molar-refractivity contribution >= 4 is 29.0 Å². The van der Waals surface area contributed by atoms with Crippen LogP contribution in [0.5, 0.6) is 0 Å². The number of ketones is 1. The second kappa shape index (κ2) is 9.49. The van der Waals surface area contributed by atoms with Gasteiger partial charge < -0.3 is 4.90 Å². The number of Topliss-reactive ketones (excluding diaryl/α,β-unsaturated/α-hetero) is 1. The third kappa shape index (κ3) is 4.05. The fourth-order valence-corrected chi connectivity index (χ4v) is 5.39. The van der Waals surface area contributed by atoms with Gasteiger partial charge >= 0.3 is 0 Å². The van der Waals surface area contributed by atoms with Crippen LogP contribution in [0.4, 0.5) is 11.4 Å². The molecular formula is C30H30N2O3. The number of aryl methyl sites for hydroxylation is 1. The molecule has 0 saturated carbocycles. The van der Waals surface area contributed by atoms with Gasteiger partial charge in [0, 0.05) is 17.3 Å². The van der Waals surface area contributed by atoms with E-state index >= 15 is 0 Å². The molecule has 0 radical (unpaired) electrons. The fourth-order valence-electron chi connectivity index (χ4n) is 5.39. The first-order chi connectivity index (χ1) is 17.0. The number of carbonyl (C=O) groups is 3.